The lowest BCUT2D eigenvalue weighted by atomic mass is 10.2. The van der Waals surface area contributed by atoms with E-state index in [0.717, 1.165) is 56.4 Å². The van der Waals surface area contributed by atoms with Gasteiger partial charge in [-0.25, -0.2) is 19.9 Å². The largest absolute Gasteiger partial charge is 0.497 e. The summed E-state index contributed by atoms with van der Waals surface area (Å²) in [5, 5.41) is 3.12. The zero-order valence-corrected chi connectivity index (χ0v) is 31.5. The quantitative estimate of drug-likeness (QED) is 0.154. The van der Waals surface area contributed by atoms with Crippen molar-refractivity contribution in [1.82, 2.24) is 19.9 Å². The molecule has 4 aromatic heterocycles. The predicted molar refractivity (Wildman–Crippen MR) is 200 cm³/mol. The summed E-state index contributed by atoms with van der Waals surface area (Å²) in [4.78, 5) is 16.7. The van der Waals surface area contributed by atoms with Gasteiger partial charge >= 0.3 is 6.18 Å². The molecule has 0 saturated carbocycles. The Morgan fingerprint density at radius 2 is 1.02 bits per heavy atom. The van der Waals surface area contributed by atoms with E-state index < -0.39 is 11.7 Å². The molecule has 51 heavy (non-hydrogen) atoms. The van der Waals surface area contributed by atoms with Crippen LogP contribution in [0.5, 0.6) is 5.75 Å². The molecule has 0 aliphatic carbocycles. The molecule has 4 aromatic carbocycles. The van der Waals surface area contributed by atoms with E-state index in [9.17, 15) is 13.2 Å². The summed E-state index contributed by atoms with van der Waals surface area (Å²) in [6, 6.07) is 22.0. The molecule has 0 radical (unpaired) electrons. The Morgan fingerprint density at radius 3 is 1.55 bits per heavy atom. The number of oxazole rings is 4. The SMILES string of the molecule is COc1ccc2oc(SC)nc2c1.CSc1nc2ccc(C(F)(F)F)cc2o1.CSc1nc2ccc(Cl)cc2o1.CSc1nc2ccccc2o1. The van der Waals surface area contributed by atoms with Crippen molar-refractivity contribution in [2.75, 3.05) is 32.1 Å². The minimum atomic E-state index is -4.35. The summed E-state index contributed by atoms with van der Waals surface area (Å²) in [6.45, 7) is 0. The van der Waals surface area contributed by atoms with Gasteiger partial charge in [0.2, 0.25) is 0 Å². The summed E-state index contributed by atoms with van der Waals surface area (Å²) in [5.41, 5.74) is 4.89. The van der Waals surface area contributed by atoms with Gasteiger partial charge in [-0.1, -0.05) is 70.8 Å². The van der Waals surface area contributed by atoms with Crippen LogP contribution in [0.3, 0.4) is 0 Å². The highest BCUT2D eigenvalue weighted by molar-refractivity contribution is 7.99. The van der Waals surface area contributed by atoms with E-state index in [0.29, 0.717) is 26.2 Å². The van der Waals surface area contributed by atoms with Crippen molar-refractivity contribution in [2.45, 2.75) is 27.1 Å². The Balaban J connectivity index is 0.000000133. The Labute approximate surface area is 311 Å². The molecule has 0 N–H and O–H groups in total. The second kappa shape index (κ2) is 17.5. The van der Waals surface area contributed by atoms with E-state index >= 15 is 0 Å². The number of halogens is 4. The molecule has 0 amide bonds. The second-order valence-electron chi connectivity index (χ2n) is 9.83. The highest BCUT2D eigenvalue weighted by Gasteiger charge is 2.31. The number of para-hydroxylation sites is 2. The molecule has 0 aliphatic heterocycles. The maximum Gasteiger partial charge on any atom is 0.416 e. The smallest absolute Gasteiger partial charge is 0.416 e. The van der Waals surface area contributed by atoms with Gasteiger partial charge in [0.15, 0.2) is 22.3 Å². The molecule has 0 bridgehead atoms. The second-order valence-corrected chi connectivity index (χ2v) is 13.3. The van der Waals surface area contributed by atoms with Gasteiger partial charge in [-0.3, -0.25) is 0 Å². The number of nitrogens with zero attached hydrogens (tertiary/aromatic N) is 4. The monoisotopic (exact) mass is 792 g/mol. The van der Waals surface area contributed by atoms with Crippen LogP contribution in [0.25, 0.3) is 44.4 Å². The number of ether oxygens (including phenoxy) is 1. The van der Waals surface area contributed by atoms with Crippen LogP contribution >= 0.6 is 58.6 Å². The molecule has 0 fully saturated rings. The van der Waals surface area contributed by atoms with Crippen LogP contribution in [0.2, 0.25) is 5.02 Å². The molecule has 4 heterocycles. The van der Waals surface area contributed by atoms with E-state index in [2.05, 4.69) is 19.9 Å². The number of rotatable bonds is 5. The van der Waals surface area contributed by atoms with Crippen molar-refractivity contribution < 1.29 is 35.6 Å². The molecule has 0 unspecified atom stereocenters. The van der Waals surface area contributed by atoms with Gasteiger partial charge in [0, 0.05) is 17.2 Å². The molecule has 266 valence electrons. The zero-order valence-electron chi connectivity index (χ0n) is 27.5. The number of benzene rings is 4. The molecule has 8 aromatic rings. The first-order valence-electron chi connectivity index (χ1n) is 14.5. The third-order valence-corrected chi connectivity index (χ3v) is 8.91. The molecular formula is C34H28ClF3N4O5S4. The Morgan fingerprint density at radius 1 is 0.549 bits per heavy atom. The molecule has 8 rings (SSSR count). The first kappa shape index (κ1) is 38.3. The number of hydrogen-bond donors (Lipinski definition) is 0. The zero-order chi connectivity index (χ0) is 36.5. The van der Waals surface area contributed by atoms with Crippen LogP contribution < -0.4 is 4.74 Å². The van der Waals surface area contributed by atoms with Crippen LogP contribution in [-0.2, 0) is 6.18 Å². The summed E-state index contributed by atoms with van der Waals surface area (Å²) in [6.07, 6.45) is 3.20. The fraction of sp³-hybridized carbons (Fsp3) is 0.176. The lowest BCUT2D eigenvalue weighted by Crippen LogP contribution is -2.03. The molecule has 17 heteroatoms. The van der Waals surface area contributed by atoms with Gasteiger partial charge in [-0.15, -0.1) is 0 Å². The van der Waals surface area contributed by atoms with Crippen molar-refractivity contribution >= 4 is 103 Å². The van der Waals surface area contributed by atoms with Crippen LogP contribution in [0.4, 0.5) is 13.2 Å². The van der Waals surface area contributed by atoms with Crippen LogP contribution in [0, 0.1) is 0 Å². The average molecular weight is 793 g/mol. The molecule has 9 nitrogen and oxygen atoms in total. The van der Waals surface area contributed by atoms with Gasteiger partial charge in [-0.05, 0) is 79.6 Å². The first-order chi connectivity index (χ1) is 24.5. The Kier molecular flexibility index (Phi) is 13.1. The van der Waals surface area contributed by atoms with Gasteiger partial charge in [0.25, 0.3) is 20.9 Å². The molecule has 0 aliphatic rings. The number of alkyl halides is 3. The Hall–Kier alpha value is -3.96. The van der Waals surface area contributed by atoms with E-state index in [1.165, 1.54) is 53.1 Å². The summed E-state index contributed by atoms with van der Waals surface area (Å²) >= 11 is 11.5. The van der Waals surface area contributed by atoms with E-state index in [1.54, 1.807) is 25.5 Å². The summed E-state index contributed by atoms with van der Waals surface area (Å²) in [5.74, 6) is 0.799. The molecule has 0 atom stereocenters. The normalized spacial score (nSPS) is 11.2. The number of aromatic nitrogens is 4. The molecular weight excluding hydrogens is 765 g/mol. The third-order valence-electron chi connectivity index (χ3n) is 6.57. The summed E-state index contributed by atoms with van der Waals surface area (Å²) in [7, 11) is 1.64. The Bertz CT molecular complexity index is 2320. The molecule has 0 saturated heterocycles. The lowest BCUT2D eigenvalue weighted by Gasteiger charge is -2.04. The minimum absolute atomic E-state index is 0.161. The van der Waals surface area contributed by atoms with Crippen molar-refractivity contribution in [3.63, 3.8) is 0 Å². The fourth-order valence-corrected chi connectivity index (χ4v) is 5.78. The topological polar surface area (TPSA) is 113 Å². The summed E-state index contributed by atoms with van der Waals surface area (Å²) < 4.78 is 63.3. The fourth-order valence-electron chi connectivity index (χ4n) is 4.17. The first-order valence-corrected chi connectivity index (χ1v) is 19.8. The van der Waals surface area contributed by atoms with E-state index in [4.69, 9.17) is 34.0 Å². The highest BCUT2D eigenvalue weighted by Crippen LogP contribution is 2.32. The lowest BCUT2D eigenvalue weighted by molar-refractivity contribution is -0.137. The predicted octanol–water partition coefficient (Wildman–Crippen LogP) is 11.9. The molecule has 0 spiro atoms. The standard InChI is InChI=1S/C9H6F3NOS.C9H9NO2S.C8H6ClNOS.C8H7NOS/c1-15-8-13-6-3-2-5(9(10,11)12)4-7(6)14-8;1-11-6-3-4-8-7(5-6)10-9(12-8)13-2;1-12-8-10-6-3-2-5(9)4-7(6)11-8;1-11-8-9-6-4-2-3-5-7(6)10-8/h2-4H,1H3;3-5H,1-2H3;2-4H,1H3;2-5H,1H3. The number of methoxy groups -OCH3 is 1. The number of fused-ring (bicyclic) bond motifs is 4. The maximum absolute atomic E-state index is 12.3. The van der Waals surface area contributed by atoms with E-state index in [1.807, 2.05) is 67.3 Å². The van der Waals surface area contributed by atoms with Crippen molar-refractivity contribution in [1.29, 1.82) is 0 Å². The van der Waals surface area contributed by atoms with Gasteiger partial charge < -0.3 is 22.4 Å². The van der Waals surface area contributed by atoms with Crippen LogP contribution in [-0.4, -0.2) is 52.1 Å². The number of thioether (sulfide) groups is 4. The minimum Gasteiger partial charge on any atom is -0.497 e. The third kappa shape index (κ3) is 10.1. The van der Waals surface area contributed by atoms with Crippen LogP contribution in [0.1, 0.15) is 5.56 Å². The number of hydrogen-bond acceptors (Lipinski definition) is 13. The van der Waals surface area contributed by atoms with Crippen molar-refractivity contribution in [3.8, 4) is 5.75 Å². The maximum atomic E-state index is 12.3. The average Bonchev–Trinajstić information content (AvgIpc) is 3.94. The van der Waals surface area contributed by atoms with Crippen LogP contribution in [0.15, 0.2) is 117 Å². The van der Waals surface area contributed by atoms with E-state index in [-0.39, 0.29) is 5.58 Å². The van der Waals surface area contributed by atoms with Crippen molar-refractivity contribution in [3.05, 3.63) is 89.4 Å². The van der Waals surface area contributed by atoms with Gasteiger partial charge in [0.1, 0.15) is 27.8 Å². The highest BCUT2D eigenvalue weighted by atomic mass is 35.5. The van der Waals surface area contributed by atoms with Gasteiger partial charge in [-0.2, -0.15) is 13.2 Å². The van der Waals surface area contributed by atoms with Crippen molar-refractivity contribution in [2.24, 2.45) is 0 Å². The van der Waals surface area contributed by atoms with Gasteiger partial charge in [0.05, 0.1) is 12.7 Å².